The van der Waals surface area contributed by atoms with Gasteiger partial charge < -0.3 is 70.8 Å². The highest BCUT2D eigenvalue weighted by molar-refractivity contribution is 5.72. The van der Waals surface area contributed by atoms with Crippen LogP contribution in [0.3, 0.4) is 0 Å². The van der Waals surface area contributed by atoms with Gasteiger partial charge in [-0.1, -0.05) is 48.5 Å². The molecule has 0 fully saturated rings. The second-order valence-electron chi connectivity index (χ2n) is 18.5. The molecule has 1 unspecified atom stereocenters. The Morgan fingerprint density at radius 3 is 0.943 bits per heavy atom. The maximum absolute atomic E-state index is 15.3. The van der Waals surface area contributed by atoms with Crippen LogP contribution in [0.25, 0.3) is 0 Å². The van der Waals surface area contributed by atoms with Crippen LogP contribution >= 0.6 is 0 Å². The summed E-state index contributed by atoms with van der Waals surface area (Å²) >= 11 is 0. The molecule has 0 saturated heterocycles. The van der Waals surface area contributed by atoms with E-state index in [2.05, 4.69) is 0 Å². The molecule has 14 nitrogen and oxygen atoms in total. The van der Waals surface area contributed by atoms with E-state index in [1.54, 1.807) is 24.3 Å². The fourth-order valence-corrected chi connectivity index (χ4v) is 12.1. The SMILES string of the molecule is Oc1ccc([C@H]2c3c(O)cc(O)cc3C3c4c(cc(O)cc4[C@]2(O)[C@@]2(O)c4cc(O)cc5c4[C@@H](c4cc(O)cc(O)c4[C@@H]2c2ccc(O)cc2)[C@H](c2ccc(O)cc2)O5)O[C@H]3c2ccc(O)cc2)cc1. The lowest BCUT2D eigenvalue weighted by molar-refractivity contribution is -0.183. The number of aromatic hydroxyl groups is 10. The van der Waals surface area contributed by atoms with E-state index < -0.39 is 70.1 Å². The predicted octanol–water partition coefficient (Wildman–Crippen LogP) is 8.64. The molecule has 4 aliphatic rings. The molecule has 2 aliphatic carbocycles. The third-order valence-corrected chi connectivity index (χ3v) is 14.7. The standard InChI is InChI=1S/C56H42O14/c57-29-9-1-25(2-10-29)51-45-37(17-33(61)21-41(45)65)47-49-39(19-35(63)23-43(49)69-53(47)27-5-13-31(59)14-6-27)55(51,67)56(68)40-20-36(64)24-44-50(40)48(54(70-44)28-7-15-32(60)16-8-28)38-18-34(62)22-42(66)46(38)52(56)26-3-11-30(58)12-4-26/h1-24,47-48,51-54,57-68H/t47-,48?,51+,52+,53+,54+,55-,56-/m1/s1. The van der Waals surface area contributed by atoms with Crippen molar-refractivity contribution in [3.8, 4) is 69.0 Å². The largest absolute Gasteiger partial charge is 0.508 e. The lowest BCUT2D eigenvalue weighted by Gasteiger charge is -2.53. The lowest BCUT2D eigenvalue weighted by atomic mass is 9.56. The molecule has 0 spiro atoms. The number of aliphatic hydroxyl groups is 2. The van der Waals surface area contributed by atoms with Crippen molar-refractivity contribution in [1.82, 2.24) is 0 Å². The molecule has 0 aromatic heterocycles. The van der Waals surface area contributed by atoms with Crippen LogP contribution in [-0.2, 0) is 11.2 Å². The van der Waals surface area contributed by atoms with Crippen LogP contribution in [0.4, 0.5) is 0 Å². The molecule has 14 heteroatoms. The van der Waals surface area contributed by atoms with Crippen LogP contribution in [-0.4, -0.2) is 61.3 Å². The summed E-state index contributed by atoms with van der Waals surface area (Å²) in [5, 5.41) is 145. The predicted molar refractivity (Wildman–Crippen MR) is 250 cm³/mol. The van der Waals surface area contributed by atoms with Crippen molar-refractivity contribution in [2.75, 3.05) is 0 Å². The van der Waals surface area contributed by atoms with Gasteiger partial charge in [-0.3, -0.25) is 0 Å². The van der Waals surface area contributed by atoms with Crippen molar-refractivity contribution >= 4 is 0 Å². The Balaban J connectivity index is 1.30. The Morgan fingerprint density at radius 1 is 0.314 bits per heavy atom. The molecule has 350 valence electrons. The molecule has 8 aromatic rings. The molecule has 8 atom stereocenters. The summed E-state index contributed by atoms with van der Waals surface area (Å²) < 4.78 is 13.5. The minimum atomic E-state index is -2.98. The van der Waals surface area contributed by atoms with E-state index in [0.717, 1.165) is 12.1 Å². The van der Waals surface area contributed by atoms with E-state index in [4.69, 9.17) is 9.47 Å². The third-order valence-electron chi connectivity index (χ3n) is 14.7. The Bertz CT molecular complexity index is 3220. The number of hydrogen-bond acceptors (Lipinski definition) is 14. The third kappa shape index (κ3) is 5.93. The van der Waals surface area contributed by atoms with Gasteiger partial charge in [-0.2, -0.15) is 0 Å². The van der Waals surface area contributed by atoms with E-state index in [-0.39, 0.29) is 102 Å². The van der Waals surface area contributed by atoms with E-state index in [0.29, 0.717) is 11.1 Å². The molecule has 2 heterocycles. The highest BCUT2D eigenvalue weighted by Crippen LogP contribution is 2.71. The van der Waals surface area contributed by atoms with Gasteiger partial charge >= 0.3 is 0 Å². The smallest absolute Gasteiger partial charge is 0.135 e. The second-order valence-corrected chi connectivity index (χ2v) is 18.5. The summed E-state index contributed by atoms with van der Waals surface area (Å²) in [6.45, 7) is 0. The van der Waals surface area contributed by atoms with Crippen molar-refractivity contribution in [3.63, 3.8) is 0 Å². The van der Waals surface area contributed by atoms with Gasteiger partial charge in [0.2, 0.25) is 0 Å². The normalized spacial score (nSPS) is 24.5. The number of phenols is 10. The first-order chi connectivity index (χ1) is 33.5. The van der Waals surface area contributed by atoms with Crippen LogP contribution < -0.4 is 9.47 Å². The van der Waals surface area contributed by atoms with Crippen molar-refractivity contribution in [1.29, 1.82) is 0 Å². The van der Waals surface area contributed by atoms with E-state index in [1.807, 2.05) is 0 Å². The van der Waals surface area contributed by atoms with E-state index >= 15 is 10.2 Å². The summed E-state index contributed by atoms with van der Waals surface area (Å²) in [6.07, 6.45) is -2.06. The quantitative estimate of drug-likeness (QED) is 0.0771. The van der Waals surface area contributed by atoms with Gasteiger partial charge in [-0.15, -0.1) is 0 Å². The highest BCUT2D eigenvalue weighted by atomic mass is 16.5. The zero-order valence-electron chi connectivity index (χ0n) is 36.5. The topological polar surface area (TPSA) is 261 Å². The average molecular weight is 939 g/mol. The van der Waals surface area contributed by atoms with E-state index in [1.165, 1.54) is 109 Å². The molecule has 12 rings (SSSR count). The van der Waals surface area contributed by atoms with Crippen LogP contribution in [0.1, 0.15) is 103 Å². The molecule has 0 radical (unpaired) electrons. The highest BCUT2D eigenvalue weighted by Gasteiger charge is 2.68. The van der Waals surface area contributed by atoms with E-state index in [9.17, 15) is 51.1 Å². The maximum atomic E-state index is 15.3. The minimum absolute atomic E-state index is 0.0317. The average Bonchev–Trinajstić information content (AvgIpc) is 3.84. The number of fused-ring (bicyclic) bond motifs is 4. The minimum Gasteiger partial charge on any atom is -0.508 e. The van der Waals surface area contributed by atoms with Crippen LogP contribution in [0, 0.1) is 0 Å². The van der Waals surface area contributed by atoms with Crippen molar-refractivity contribution in [2.24, 2.45) is 0 Å². The summed E-state index contributed by atoms with van der Waals surface area (Å²) in [6, 6.07) is 33.9. The Hall–Kier alpha value is -8.72. The first-order valence-corrected chi connectivity index (χ1v) is 22.3. The van der Waals surface area contributed by atoms with Gasteiger partial charge in [0.25, 0.3) is 0 Å². The molecule has 0 saturated carbocycles. The molecule has 12 N–H and O–H groups in total. The number of ether oxygens (including phenoxy) is 2. The fourth-order valence-electron chi connectivity index (χ4n) is 12.1. The zero-order chi connectivity index (χ0) is 48.7. The second kappa shape index (κ2) is 14.9. The first kappa shape index (κ1) is 42.6. The lowest BCUT2D eigenvalue weighted by Crippen LogP contribution is -2.57. The molecule has 70 heavy (non-hydrogen) atoms. The monoisotopic (exact) mass is 938 g/mol. The van der Waals surface area contributed by atoms with Gasteiger partial charge in [0.1, 0.15) is 92.4 Å². The van der Waals surface area contributed by atoms with Gasteiger partial charge in [-0.25, -0.2) is 0 Å². The summed E-state index contributed by atoms with van der Waals surface area (Å²) in [5.74, 6) is -8.50. The van der Waals surface area contributed by atoms with Crippen molar-refractivity contribution < 1.29 is 70.8 Å². The van der Waals surface area contributed by atoms with Crippen LogP contribution in [0.15, 0.2) is 146 Å². The van der Waals surface area contributed by atoms with Gasteiger partial charge in [-0.05, 0) is 117 Å². The summed E-state index contributed by atoms with van der Waals surface area (Å²) in [7, 11) is 0. The van der Waals surface area contributed by atoms with Crippen LogP contribution in [0.2, 0.25) is 0 Å². The number of benzene rings is 8. The molecule has 8 aromatic carbocycles. The molecule has 0 amide bonds. The van der Waals surface area contributed by atoms with Crippen LogP contribution in [0.5, 0.6) is 69.0 Å². The van der Waals surface area contributed by atoms with Gasteiger partial charge in [0.05, 0.1) is 11.8 Å². The Morgan fingerprint density at radius 2 is 0.614 bits per heavy atom. The van der Waals surface area contributed by atoms with Gasteiger partial charge in [0.15, 0.2) is 0 Å². The molecular formula is C56H42O14. The molecule has 2 aliphatic heterocycles. The number of rotatable bonds is 5. The van der Waals surface area contributed by atoms with Crippen molar-refractivity contribution in [3.05, 3.63) is 212 Å². The summed E-state index contributed by atoms with van der Waals surface area (Å²) in [5.41, 5.74) is -4.10. The molecule has 0 bridgehead atoms. The van der Waals surface area contributed by atoms with Gasteiger partial charge in [0, 0.05) is 58.4 Å². The molecular weight excluding hydrogens is 897 g/mol. The summed E-state index contributed by atoms with van der Waals surface area (Å²) in [4.78, 5) is 0. The fraction of sp³-hybridized carbons (Fsp3) is 0.143. The maximum Gasteiger partial charge on any atom is 0.135 e. The first-order valence-electron chi connectivity index (χ1n) is 22.3. The number of hydrogen-bond donors (Lipinski definition) is 12. The van der Waals surface area contributed by atoms with Crippen molar-refractivity contribution in [2.45, 2.75) is 47.1 Å². The zero-order valence-corrected chi connectivity index (χ0v) is 36.5. The number of phenolic OH excluding ortho intramolecular Hbond substituents is 10. The Kier molecular flexibility index (Phi) is 9.07. The Labute approximate surface area is 397 Å².